The summed E-state index contributed by atoms with van der Waals surface area (Å²) in [4.78, 5) is 28.5. The zero-order valence-corrected chi connectivity index (χ0v) is 22.5. The number of Topliss-reactive ketones (excluding diaryl/α,β-unsaturated/α-hetero) is 1. The lowest BCUT2D eigenvalue weighted by Gasteiger charge is -2.29. The molecule has 0 spiro atoms. The normalized spacial score (nSPS) is 14.3. The molecule has 1 rings (SSSR count). The average molecular weight is 480 g/mol. The lowest BCUT2D eigenvalue weighted by atomic mass is 9.73. The van der Waals surface area contributed by atoms with E-state index in [1.165, 1.54) is 11.1 Å². The van der Waals surface area contributed by atoms with E-state index in [0.717, 1.165) is 44.2 Å². The summed E-state index contributed by atoms with van der Waals surface area (Å²) in [5.41, 5.74) is 3.11. The van der Waals surface area contributed by atoms with Gasteiger partial charge in [-0.1, -0.05) is 50.5 Å². The quantitative estimate of drug-likeness (QED) is 0.182. The lowest BCUT2D eigenvalue weighted by Crippen LogP contribution is -2.32. The predicted octanol–water partition coefficient (Wildman–Crippen LogP) is 7.90. The molecule has 0 saturated carbocycles. The number of ketones is 1. The molecule has 0 aliphatic rings. The van der Waals surface area contributed by atoms with Gasteiger partial charge in [0.25, 0.3) is 0 Å². The molecule has 0 aliphatic heterocycles. The van der Waals surface area contributed by atoms with Gasteiger partial charge in [-0.05, 0) is 82.9 Å². The molecule has 4 nitrogen and oxygen atoms in total. The van der Waals surface area contributed by atoms with Crippen LogP contribution in [0.5, 0.6) is 0 Å². The molecule has 0 saturated heterocycles. The minimum Gasteiger partial charge on any atom is -0.481 e. The highest BCUT2D eigenvalue weighted by Crippen LogP contribution is 2.33. The molecule has 4 heteroatoms. The number of nitrogens with zero attached hydrogens (tertiary/aromatic N) is 1. The molecule has 1 aromatic rings. The Morgan fingerprint density at radius 2 is 1.89 bits per heavy atom. The number of aliphatic carboxylic acids is 1. The van der Waals surface area contributed by atoms with Crippen LogP contribution in [0.2, 0.25) is 0 Å². The van der Waals surface area contributed by atoms with Crippen molar-refractivity contribution in [3.8, 4) is 12.3 Å². The van der Waals surface area contributed by atoms with Crippen LogP contribution in [-0.2, 0) is 9.59 Å². The zero-order valence-electron chi connectivity index (χ0n) is 22.5. The van der Waals surface area contributed by atoms with Crippen LogP contribution in [0.3, 0.4) is 0 Å². The van der Waals surface area contributed by atoms with E-state index < -0.39 is 11.4 Å². The lowest BCUT2D eigenvalue weighted by molar-refractivity contribution is -0.139. The number of allylic oxidation sites excluding steroid dienone is 3. The molecular formula is C31H45NO3. The standard InChI is InChI=1S/C31H45NO3/c1-7-8-17-27(30(35)31(5,6)20-19-29(33)34)22-25(3)15-11-13-24(2)14-12-16-26(4)23-28-18-9-10-21-32-28/h1,9-10,14,18,21,23,25,27H,8,11-13,15-17,19-20,22H2,2-6H3,(H,33,34). The SMILES string of the molecule is C#CCCC(CC(C)CCCC(C)=CCCC(C)=Cc1ccccn1)C(=O)C(C)(C)CCC(=O)O. The molecule has 1 aromatic heterocycles. The fourth-order valence-electron chi connectivity index (χ4n) is 4.48. The summed E-state index contributed by atoms with van der Waals surface area (Å²) in [5, 5.41) is 9.02. The second-order valence-corrected chi connectivity index (χ2v) is 10.6. The summed E-state index contributed by atoms with van der Waals surface area (Å²) in [6, 6.07) is 5.95. The van der Waals surface area contributed by atoms with Crippen LogP contribution < -0.4 is 0 Å². The van der Waals surface area contributed by atoms with Crippen LogP contribution in [0.4, 0.5) is 0 Å². The summed E-state index contributed by atoms with van der Waals surface area (Å²) in [5.74, 6) is 2.29. The molecule has 0 aliphatic carbocycles. The number of carboxylic acid groups (broad SMARTS) is 1. The highest BCUT2D eigenvalue weighted by molar-refractivity contribution is 5.86. The van der Waals surface area contributed by atoms with Gasteiger partial charge < -0.3 is 5.11 Å². The zero-order chi connectivity index (χ0) is 26.3. The monoisotopic (exact) mass is 479 g/mol. The Bertz CT molecular complexity index is 890. The van der Waals surface area contributed by atoms with Crippen molar-refractivity contribution >= 4 is 17.8 Å². The summed E-state index contributed by atoms with van der Waals surface area (Å²) >= 11 is 0. The van der Waals surface area contributed by atoms with E-state index in [-0.39, 0.29) is 18.1 Å². The van der Waals surface area contributed by atoms with Crippen LogP contribution in [0.15, 0.2) is 41.6 Å². The van der Waals surface area contributed by atoms with E-state index in [1.807, 2.05) is 38.2 Å². The van der Waals surface area contributed by atoms with Crippen molar-refractivity contribution in [2.75, 3.05) is 0 Å². The van der Waals surface area contributed by atoms with Crippen LogP contribution in [0.25, 0.3) is 6.08 Å². The Hall–Kier alpha value is -2.67. The Kier molecular flexibility index (Phi) is 14.0. The van der Waals surface area contributed by atoms with Crippen molar-refractivity contribution in [3.63, 3.8) is 0 Å². The molecule has 2 unspecified atom stereocenters. The van der Waals surface area contributed by atoms with E-state index in [2.05, 4.69) is 43.8 Å². The molecule has 0 fully saturated rings. The predicted molar refractivity (Wildman–Crippen MR) is 146 cm³/mol. The summed E-state index contributed by atoms with van der Waals surface area (Å²) in [7, 11) is 0. The largest absolute Gasteiger partial charge is 0.481 e. The second kappa shape index (κ2) is 16.1. The summed E-state index contributed by atoms with van der Waals surface area (Å²) in [6.07, 6.45) is 19.5. The third-order valence-electron chi connectivity index (χ3n) is 6.71. The number of terminal acetylenes is 1. The fourth-order valence-corrected chi connectivity index (χ4v) is 4.48. The first-order valence-corrected chi connectivity index (χ1v) is 13.0. The molecule has 35 heavy (non-hydrogen) atoms. The first-order chi connectivity index (χ1) is 16.5. The van der Waals surface area contributed by atoms with Crippen molar-refractivity contribution in [2.24, 2.45) is 17.3 Å². The smallest absolute Gasteiger partial charge is 0.303 e. The Morgan fingerprint density at radius 3 is 2.51 bits per heavy atom. The van der Waals surface area contributed by atoms with E-state index in [0.29, 0.717) is 25.2 Å². The van der Waals surface area contributed by atoms with Crippen molar-refractivity contribution in [1.82, 2.24) is 4.98 Å². The van der Waals surface area contributed by atoms with Gasteiger partial charge in [0, 0.05) is 30.4 Å². The van der Waals surface area contributed by atoms with Crippen molar-refractivity contribution in [2.45, 2.75) is 98.8 Å². The number of carbonyl (C=O) groups excluding carboxylic acids is 1. The number of carboxylic acids is 1. The molecule has 1 N–H and O–H groups in total. The van der Waals surface area contributed by atoms with Gasteiger partial charge in [0.05, 0.1) is 5.69 Å². The number of rotatable bonds is 17. The Balaban J connectivity index is 2.50. The highest BCUT2D eigenvalue weighted by Gasteiger charge is 2.34. The molecule has 2 atom stereocenters. The van der Waals surface area contributed by atoms with Gasteiger partial charge >= 0.3 is 5.97 Å². The van der Waals surface area contributed by atoms with Crippen LogP contribution >= 0.6 is 0 Å². The Morgan fingerprint density at radius 1 is 1.14 bits per heavy atom. The van der Waals surface area contributed by atoms with Gasteiger partial charge in [0.2, 0.25) is 0 Å². The van der Waals surface area contributed by atoms with Gasteiger partial charge in [-0.3, -0.25) is 14.6 Å². The minimum atomic E-state index is -0.859. The molecular weight excluding hydrogens is 434 g/mol. The maximum atomic E-state index is 13.2. The molecule has 0 amide bonds. The Labute approximate surface area is 213 Å². The maximum absolute atomic E-state index is 13.2. The highest BCUT2D eigenvalue weighted by atomic mass is 16.4. The van der Waals surface area contributed by atoms with Crippen LogP contribution in [0.1, 0.15) is 105 Å². The van der Waals surface area contributed by atoms with Crippen molar-refractivity contribution in [3.05, 3.63) is 47.3 Å². The van der Waals surface area contributed by atoms with Crippen molar-refractivity contribution in [1.29, 1.82) is 0 Å². The third-order valence-corrected chi connectivity index (χ3v) is 6.71. The number of pyridine rings is 1. The molecule has 1 heterocycles. The van der Waals surface area contributed by atoms with Gasteiger partial charge in [0.1, 0.15) is 5.78 Å². The minimum absolute atomic E-state index is 0.0141. The van der Waals surface area contributed by atoms with Crippen LogP contribution in [0, 0.1) is 29.6 Å². The van der Waals surface area contributed by atoms with Gasteiger partial charge in [0.15, 0.2) is 0 Å². The van der Waals surface area contributed by atoms with E-state index in [9.17, 15) is 9.59 Å². The number of hydrogen-bond acceptors (Lipinski definition) is 3. The number of hydrogen-bond donors (Lipinski definition) is 1. The molecule has 0 bridgehead atoms. The van der Waals surface area contributed by atoms with Crippen molar-refractivity contribution < 1.29 is 14.7 Å². The topological polar surface area (TPSA) is 67.3 Å². The summed E-state index contributed by atoms with van der Waals surface area (Å²) < 4.78 is 0. The van der Waals surface area contributed by atoms with Crippen LogP contribution in [-0.4, -0.2) is 21.8 Å². The molecule has 0 radical (unpaired) electrons. The van der Waals surface area contributed by atoms with E-state index in [4.69, 9.17) is 11.5 Å². The van der Waals surface area contributed by atoms with E-state index in [1.54, 1.807) is 0 Å². The average Bonchev–Trinajstić information content (AvgIpc) is 2.80. The molecule has 192 valence electrons. The van der Waals surface area contributed by atoms with Gasteiger partial charge in [-0.2, -0.15) is 0 Å². The molecule has 0 aromatic carbocycles. The second-order valence-electron chi connectivity index (χ2n) is 10.6. The third kappa shape index (κ3) is 13.1. The first kappa shape index (κ1) is 30.4. The first-order valence-electron chi connectivity index (χ1n) is 13.0. The van der Waals surface area contributed by atoms with Gasteiger partial charge in [-0.15, -0.1) is 12.3 Å². The maximum Gasteiger partial charge on any atom is 0.303 e. The summed E-state index contributed by atoms with van der Waals surface area (Å²) in [6.45, 7) is 10.3. The van der Waals surface area contributed by atoms with E-state index >= 15 is 0 Å². The fraction of sp³-hybridized carbons (Fsp3) is 0.581. The van der Waals surface area contributed by atoms with Gasteiger partial charge in [-0.25, -0.2) is 0 Å². The number of aromatic nitrogens is 1. The number of carbonyl (C=O) groups is 2.